The molecule has 0 N–H and O–H groups in total. The third-order valence-electron chi connectivity index (χ3n) is 5.17. The Labute approximate surface area is 139 Å². The Morgan fingerprint density at radius 3 is 2.38 bits per heavy atom. The first-order chi connectivity index (χ1) is 10.2. The summed E-state index contributed by atoms with van der Waals surface area (Å²) in [4.78, 5) is 14.6. The second-order valence-electron chi connectivity index (χ2n) is 6.41. The van der Waals surface area contributed by atoms with Gasteiger partial charge in [0.1, 0.15) is 11.0 Å². The van der Waals surface area contributed by atoms with Gasteiger partial charge >= 0.3 is 0 Å². The van der Waals surface area contributed by atoms with Gasteiger partial charge in [-0.15, -0.1) is 0 Å². The van der Waals surface area contributed by atoms with Crippen molar-refractivity contribution in [3.05, 3.63) is 21.1 Å². The molecule has 0 spiro atoms. The summed E-state index contributed by atoms with van der Waals surface area (Å²) in [6, 6.07) is 0.318. The molecule has 21 heavy (non-hydrogen) atoms. The zero-order valence-corrected chi connectivity index (χ0v) is 14.4. The fraction of sp³-hybridized carbons (Fsp3) is 0.733. The lowest BCUT2D eigenvalue weighted by atomic mass is 10.0. The highest BCUT2D eigenvalue weighted by atomic mass is 79.9. The Balaban J connectivity index is 1.69. The van der Waals surface area contributed by atoms with E-state index in [0.29, 0.717) is 17.1 Å². The summed E-state index contributed by atoms with van der Waals surface area (Å²) in [6.45, 7) is 5.65. The Kier molecular flexibility index (Phi) is 3.94. The van der Waals surface area contributed by atoms with Gasteiger partial charge in [-0.25, -0.2) is 9.97 Å². The van der Waals surface area contributed by atoms with E-state index in [1.165, 1.54) is 38.8 Å². The lowest BCUT2D eigenvalue weighted by Crippen LogP contribution is -2.57. The van der Waals surface area contributed by atoms with E-state index in [0.717, 1.165) is 35.6 Å². The van der Waals surface area contributed by atoms with E-state index >= 15 is 0 Å². The molecule has 5 rings (SSSR count). The molecule has 0 amide bonds. The monoisotopic (exact) mass is 370 g/mol. The number of hydrogen-bond donors (Lipinski definition) is 0. The van der Waals surface area contributed by atoms with Gasteiger partial charge in [-0.3, -0.25) is 9.80 Å². The predicted octanol–water partition coefficient (Wildman–Crippen LogP) is 3.22. The minimum atomic E-state index is 0.318. The Hall–Kier alpha value is -0.230. The Morgan fingerprint density at radius 1 is 1.05 bits per heavy atom. The van der Waals surface area contributed by atoms with E-state index in [1.807, 2.05) is 0 Å². The van der Waals surface area contributed by atoms with E-state index in [-0.39, 0.29) is 0 Å². The maximum atomic E-state index is 6.39. The molecule has 1 atom stereocenters. The molecule has 2 bridgehead atoms. The average molecular weight is 372 g/mol. The molecule has 4 nitrogen and oxygen atoms in total. The molecular weight excluding hydrogens is 352 g/mol. The van der Waals surface area contributed by atoms with E-state index in [2.05, 4.69) is 30.7 Å². The van der Waals surface area contributed by atoms with Crippen molar-refractivity contribution in [3.63, 3.8) is 0 Å². The first kappa shape index (κ1) is 14.4. The van der Waals surface area contributed by atoms with Crippen molar-refractivity contribution in [2.75, 3.05) is 32.7 Å². The number of halogens is 2. The van der Waals surface area contributed by atoms with Crippen LogP contribution in [0.5, 0.6) is 0 Å². The van der Waals surface area contributed by atoms with E-state index in [1.54, 1.807) is 0 Å². The minimum absolute atomic E-state index is 0.318. The van der Waals surface area contributed by atoms with Crippen molar-refractivity contribution in [2.24, 2.45) is 0 Å². The van der Waals surface area contributed by atoms with Crippen LogP contribution >= 0.6 is 27.5 Å². The summed E-state index contributed by atoms with van der Waals surface area (Å²) in [5.41, 5.74) is 1.14. The van der Waals surface area contributed by atoms with Crippen LogP contribution in [0.2, 0.25) is 5.15 Å². The van der Waals surface area contributed by atoms with Gasteiger partial charge in [0.15, 0.2) is 0 Å². The fourth-order valence-corrected chi connectivity index (χ4v) is 4.62. The molecule has 3 aliphatic heterocycles. The van der Waals surface area contributed by atoms with Crippen LogP contribution < -0.4 is 0 Å². The van der Waals surface area contributed by atoms with Crippen LogP contribution in [0.1, 0.15) is 49.2 Å². The van der Waals surface area contributed by atoms with Gasteiger partial charge in [0.25, 0.3) is 0 Å². The maximum Gasteiger partial charge on any atom is 0.148 e. The number of piperazine rings is 3. The highest BCUT2D eigenvalue weighted by Gasteiger charge is 2.35. The molecule has 1 saturated carbocycles. The normalized spacial score (nSPS) is 32.8. The first-order valence-corrected chi connectivity index (χ1v) is 9.08. The second kappa shape index (κ2) is 5.76. The smallest absolute Gasteiger partial charge is 0.148 e. The standard InChI is InChI=1S/C15H20BrClN4/c16-12-13(10-3-1-2-4-10)18-15(19-14(12)17)11-9-20-5-7-21(11)8-6-20/h10-11H,1-9H2. The summed E-state index contributed by atoms with van der Waals surface area (Å²) in [5, 5.41) is 0.583. The molecule has 4 aliphatic rings. The fourth-order valence-electron chi connectivity index (χ4n) is 3.93. The van der Waals surface area contributed by atoms with Crippen molar-refractivity contribution < 1.29 is 0 Å². The third-order valence-corrected chi connectivity index (χ3v) is 6.46. The summed E-state index contributed by atoms with van der Waals surface area (Å²) in [6.07, 6.45) is 5.06. The average Bonchev–Trinajstić information content (AvgIpc) is 3.05. The van der Waals surface area contributed by atoms with Gasteiger partial charge in [0.05, 0.1) is 16.2 Å². The molecule has 4 fully saturated rings. The largest absolute Gasteiger partial charge is 0.299 e. The van der Waals surface area contributed by atoms with Crippen molar-refractivity contribution >= 4 is 27.5 Å². The molecule has 0 aromatic carbocycles. The summed E-state index contributed by atoms with van der Waals surface area (Å²) in [7, 11) is 0. The Bertz CT molecular complexity index is 539. The predicted molar refractivity (Wildman–Crippen MR) is 86.7 cm³/mol. The second-order valence-corrected chi connectivity index (χ2v) is 7.56. The van der Waals surface area contributed by atoms with Gasteiger partial charge in [-0.2, -0.15) is 0 Å². The van der Waals surface area contributed by atoms with Gasteiger partial charge < -0.3 is 0 Å². The van der Waals surface area contributed by atoms with Crippen LogP contribution in [0.25, 0.3) is 0 Å². The molecule has 1 aromatic rings. The highest BCUT2D eigenvalue weighted by Crippen LogP contribution is 2.39. The topological polar surface area (TPSA) is 32.3 Å². The summed E-state index contributed by atoms with van der Waals surface area (Å²) >= 11 is 10.00. The summed E-state index contributed by atoms with van der Waals surface area (Å²) < 4.78 is 0.913. The van der Waals surface area contributed by atoms with Gasteiger partial charge in [-0.05, 0) is 28.8 Å². The van der Waals surface area contributed by atoms with Gasteiger partial charge in [0, 0.05) is 38.6 Å². The zero-order chi connectivity index (χ0) is 14.4. The molecule has 1 aliphatic carbocycles. The van der Waals surface area contributed by atoms with Crippen LogP contribution in [0.15, 0.2) is 4.47 Å². The van der Waals surface area contributed by atoms with Crippen LogP contribution in [0, 0.1) is 0 Å². The van der Waals surface area contributed by atoms with Crippen LogP contribution in [-0.4, -0.2) is 52.5 Å². The van der Waals surface area contributed by atoms with Crippen molar-refractivity contribution in [2.45, 2.75) is 37.6 Å². The Morgan fingerprint density at radius 2 is 1.76 bits per heavy atom. The zero-order valence-electron chi connectivity index (χ0n) is 12.1. The lowest BCUT2D eigenvalue weighted by Gasteiger charge is -2.46. The van der Waals surface area contributed by atoms with Crippen molar-refractivity contribution in [1.29, 1.82) is 0 Å². The van der Waals surface area contributed by atoms with Crippen LogP contribution in [0.3, 0.4) is 0 Å². The van der Waals surface area contributed by atoms with E-state index in [9.17, 15) is 0 Å². The molecule has 6 heteroatoms. The first-order valence-electron chi connectivity index (χ1n) is 7.91. The van der Waals surface area contributed by atoms with Gasteiger partial charge in [-0.1, -0.05) is 24.4 Å². The molecule has 4 heterocycles. The molecule has 1 unspecified atom stereocenters. The quantitative estimate of drug-likeness (QED) is 0.747. The minimum Gasteiger partial charge on any atom is -0.299 e. The molecular formula is C15H20BrClN4. The number of rotatable bonds is 2. The molecule has 3 saturated heterocycles. The number of fused-ring (bicyclic) bond motifs is 3. The maximum absolute atomic E-state index is 6.39. The van der Waals surface area contributed by atoms with E-state index in [4.69, 9.17) is 16.6 Å². The number of hydrogen-bond acceptors (Lipinski definition) is 4. The van der Waals surface area contributed by atoms with Crippen LogP contribution in [0.4, 0.5) is 0 Å². The van der Waals surface area contributed by atoms with Crippen molar-refractivity contribution in [3.8, 4) is 0 Å². The van der Waals surface area contributed by atoms with E-state index < -0.39 is 0 Å². The molecule has 114 valence electrons. The number of nitrogens with zero attached hydrogens (tertiary/aromatic N) is 4. The summed E-state index contributed by atoms with van der Waals surface area (Å²) in [5.74, 6) is 1.48. The van der Waals surface area contributed by atoms with Crippen LogP contribution in [-0.2, 0) is 0 Å². The molecule has 1 aromatic heterocycles. The third kappa shape index (κ3) is 2.62. The number of aromatic nitrogens is 2. The van der Waals surface area contributed by atoms with Gasteiger partial charge in [0.2, 0.25) is 0 Å². The SMILES string of the molecule is Clc1nc(C2CN3CCN2CC3)nc(C2CCCC2)c1Br. The van der Waals surface area contributed by atoms with Crippen molar-refractivity contribution in [1.82, 2.24) is 19.8 Å². The lowest BCUT2D eigenvalue weighted by molar-refractivity contribution is 0.00852. The molecule has 0 radical (unpaired) electrons. The highest BCUT2D eigenvalue weighted by molar-refractivity contribution is 9.10.